The fraction of sp³-hybridized carbons (Fsp3) is 0.120. The molecule has 0 aliphatic carbocycles. The predicted molar refractivity (Wildman–Crippen MR) is 128 cm³/mol. The molecule has 33 heavy (non-hydrogen) atoms. The summed E-state index contributed by atoms with van der Waals surface area (Å²) in [4.78, 5) is 14.2. The lowest BCUT2D eigenvalue weighted by atomic mass is 10.1. The summed E-state index contributed by atoms with van der Waals surface area (Å²) in [5.74, 6) is 1.67. The maximum Gasteiger partial charge on any atom is 0.287 e. The van der Waals surface area contributed by atoms with Gasteiger partial charge >= 0.3 is 0 Å². The average Bonchev–Trinajstić information content (AvgIpc) is 2.84. The second kappa shape index (κ2) is 10.2. The molecule has 8 heteroatoms. The first-order valence-electron chi connectivity index (χ1n) is 10.4. The zero-order valence-electron chi connectivity index (χ0n) is 18.0. The molecule has 0 radical (unpaired) electrons. The minimum absolute atomic E-state index is 0.0787. The third-order valence-corrected chi connectivity index (χ3v) is 4.88. The van der Waals surface area contributed by atoms with E-state index in [-0.39, 0.29) is 5.69 Å². The predicted octanol–water partition coefficient (Wildman–Crippen LogP) is 5.57. The molecule has 0 unspecified atom stereocenters. The van der Waals surface area contributed by atoms with E-state index in [0.717, 1.165) is 16.5 Å². The topological polar surface area (TPSA) is 98.9 Å². The lowest BCUT2D eigenvalue weighted by molar-refractivity contribution is -0.385. The van der Waals surface area contributed by atoms with Crippen LogP contribution in [0.5, 0.6) is 11.5 Å². The highest BCUT2D eigenvalue weighted by Gasteiger charge is 2.08. The Hall–Kier alpha value is -4.46. The number of rotatable bonds is 9. The molecule has 1 N–H and O–H groups in total. The van der Waals surface area contributed by atoms with Gasteiger partial charge in [0.1, 0.15) is 18.6 Å². The van der Waals surface area contributed by atoms with E-state index in [4.69, 9.17) is 9.47 Å². The van der Waals surface area contributed by atoms with E-state index in [1.54, 1.807) is 6.21 Å². The molecule has 0 saturated heterocycles. The van der Waals surface area contributed by atoms with E-state index in [0.29, 0.717) is 30.5 Å². The maximum absolute atomic E-state index is 10.7. The minimum atomic E-state index is -0.501. The van der Waals surface area contributed by atoms with Gasteiger partial charge in [0, 0.05) is 6.07 Å². The quantitative estimate of drug-likeness (QED) is 0.207. The first kappa shape index (κ1) is 21.8. The van der Waals surface area contributed by atoms with Crippen molar-refractivity contribution in [1.29, 1.82) is 0 Å². The van der Waals surface area contributed by atoms with Crippen molar-refractivity contribution in [3.05, 3.63) is 100 Å². The Morgan fingerprint density at radius 3 is 2.67 bits per heavy atom. The summed E-state index contributed by atoms with van der Waals surface area (Å²) in [7, 11) is 0. The first-order chi connectivity index (χ1) is 16.1. The molecule has 3 aromatic carbocycles. The Bertz CT molecular complexity index is 1280. The summed E-state index contributed by atoms with van der Waals surface area (Å²) >= 11 is 0. The van der Waals surface area contributed by atoms with E-state index in [2.05, 4.69) is 39.8 Å². The Kier molecular flexibility index (Phi) is 6.75. The van der Waals surface area contributed by atoms with Crippen molar-refractivity contribution in [2.75, 3.05) is 12.0 Å². The molecule has 4 rings (SSSR count). The van der Waals surface area contributed by atoms with E-state index >= 15 is 0 Å². The van der Waals surface area contributed by atoms with Gasteiger partial charge in [0.25, 0.3) is 5.69 Å². The third-order valence-electron chi connectivity index (χ3n) is 4.88. The van der Waals surface area contributed by atoms with Gasteiger partial charge in [-0.15, -0.1) is 0 Å². The molecule has 0 spiro atoms. The Morgan fingerprint density at radius 1 is 1.03 bits per heavy atom. The van der Waals surface area contributed by atoms with Crippen LogP contribution in [0.3, 0.4) is 0 Å². The number of anilines is 1. The summed E-state index contributed by atoms with van der Waals surface area (Å²) < 4.78 is 11.9. The summed E-state index contributed by atoms with van der Waals surface area (Å²) in [5.41, 5.74) is 4.57. The number of fused-ring (bicyclic) bond motifs is 1. The molecular weight excluding hydrogens is 420 g/mol. The molecule has 166 valence electrons. The normalized spacial score (nSPS) is 10.9. The van der Waals surface area contributed by atoms with Crippen molar-refractivity contribution >= 4 is 28.5 Å². The number of hydrazone groups is 1. The number of nitrogens with zero attached hydrogens (tertiary/aromatic N) is 3. The first-order valence-corrected chi connectivity index (χ1v) is 10.4. The van der Waals surface area contributed by atoms with Gasteiger partial charge in [-0.3, -0.25) is 15.5 Å². The van der Waals surface area contributed by atoms with Crippen LogP contribution >= 0.6 is 0 Å². The van der Waals surface area contributed by atoms with Crippen LogP contribution in [0.1, 0.15) is 18.1 Å². The molecule has 4 aromatic rings. The van der Waals surface area contributed by atoms with Gasteiger partial charge in [-0.25, -0.2) is 4.98 Å². The zero-order chi connectivity index (χ0) is 23.0. The van der Waals surface area contributed by atoms with E-state index in [1.807, 2.05) is 43.3 Å². The van der Waals surface area contributed by atoms with Gasteiger partial charge < -0.3 is 9.47 Å². The monoisotopic (exact) mass is 442 g/mol. The number of ether oxygens (including phenoxy) is 2. The van der Waals surface area contributed by atoms with Crippen molar-refractivity contribution in [2.24, 2.45) is 5.10 Å². The smallest absolute Gasteiger partial charge is 0.287 e. The zero-order valence-corrected chi connectivity index (χ0v) is 18.0. The summed E-state index contributed by atoms with van der Waals surface area (Å²) in [6, 6.07) is 22.8. The average molecular weight is 442 g/mol. The molecule has 1 aromatic heterocycles. The van der Waals surface area contributed by atoms with Gasteiger partial charge in [0.05, 0.1) is 17.7 Å². The number of nitro groups is 1. The molecule has 0 amide bonds. The number of hydrogen-bond donors (Lipinski definition) is 1. The van der Waals surface area contributed by atoms with Crippen molar-refractivity contribution in [2.45, 2.75) is 13.5 Å². The molecule has 1 heterocycles. The van der Waals surface area contributed by atoms with E-state index in [1.165, 1.54) is 23.7 Å². The highest BCUT2D eigenvalue weighted by atomic mass is 16.6. The van der Waals surface area contributed by atoms with Crippen LogP contribution in [0.25, 0.3) is 10.8 Å². The standard InChI is InChI=1S/C25H22N4O4/c1-2-32-24-14-18(15-27-28-25-13-11-21(16-26-25)29(30)31)10-12-23(24)33-17-20-8-5-7-19-6-3-4-9-22(19)20/h3-16H,2,17H2,1H3,(H,26,28)/b27-15+. The lowest BCUT2D eigenvalue weighted by Gasteiger charge is -2.13. The second-order valence-electron chi connectivity index (χ2n) is 7.09. The Morgan fingerprint density at radius 2 is 1.88 bits per heavy atom. The van der Waals surface area contributed by atoms with E-state index in [9.17, 15) is 10.1 Å². The molecule has 0 aliphatic rings. The molecule has 8 nitrogen and oxygen atoms in total. The lowest BCUT2D eigenvalue weighted by Crippen LogP contribution is -2.01. The van der Waals surface area contributed by atoms with Gasteiger partial charge in [-0.1, -0.05) is 42.5 Å². The maximum atomic E-state index is 10.7. The van der Waals surface area contributed by atoms with E-state index < -0.39 is 4.92 Å². The van der Waals surface area contributed by atoms with Crippen molar-refractivity contribution < 1.29 is 14.4 Å². The summed E-state index contributed by atoms with van der Waals surface area (Å²) in [5, 5.41) is 17.2. The highest BCUT2D eigenvalue weighted by Crippen LogP contribution is 2.30. The molecule has 0 aliphatic heterocycles. The van der Waals surface area contributed by atoms with Crippen LogP contribution in [0.2, 0.25) is 0 Å². The van der Waals surface area contributed by atoms with Crippen LogP contribution in [-0.4, -0.2) is 22.7 Å². The molecule has 0 saturated carbocycles. The van der Waals surface area contributed by atoms with Crippen molar-refractivity contribution in [3.63, 3.8) is 0 Å². The number of pyridine rings is 1. The number of benzene rings is 3. The van der Waals surface area contributed by atoms with Crippen LogP contribution < -0.4 is 14.9 Å². The van der Waals surface area contributed by atoms with Gasteiger partial charge in [-0.05, 0) is 53.1 Å². The summed E-state index contributed by atoms with van der Waals surface area (Å²) in [6.45, 7) is 2.83. The molecule has 0 atom stereocenters. The van der Waals surface area contributed by atoms with Crippen molar-refractivity contribution in [3.8, 4) is 11.5 Å². The fourth-order valence-electron chi connectivity index (χ4n) is 3.30. The second-order valence-corrected chi connectivity index (χ2v) is 7.09. The Labute approximate surface area is 190 Å². The molecule has 0 fully saturated rings. The van der Waals surface area contributed by atoms with Crippen LogP contribution in [0, 0.1) is 10.1 Å². The number of hydrogen-bond acceptors (Lipinski definition) is 7. The Balaban J connectivity index is 1.45. The largest absolute Gasteiger partial charge is 0.490 e. The number of aromatic nitrogens is 1. The molecule has 0 bridgehead atoms. The van der Waals surface area contributed by atoms with Gasteiger partial charge in [-0.2, -0.15) is 5.10 Å². The minimum Gasteiger partial charge on any atom is -0.490 e. The highest BCUT2D eigenvalue weighted by molar-refractivity contribution is 5.85. The SMILES string of the molecule is CCOc1cc(/C=N/Nc2ccc([N+](=O)[O-])cn2)ccc1OCc1cccc2ccccc12. The number of nitrogens with one attached hydrogen (secondary N) is 1. The van der Waals surface area contributed by atoms with Crippen LogP contribution in [-0.2, 0) is 6.61 Å². The van der Waals surface area contributed by atoms with Crippen molar-refractivity contribution in [1.82, 2.24) is 4.98 Å². The van der Waals surface area contributed by atoms with Gasteiger partial charge in [0.2, 0.25) is 0 Å². The van der Waals surface area contributed by atoms with Gasteiger partial charge in [0.15, 0.2) is 11.5 Å². The van der Waals surface area contributed by atoms with Crippen LogP contribution in [0.4, 0.5) is 11.5 Å². The molecular formula is C25H22N4O4. The fourth-order valence-corrected chi connectivity index (χ4v) is 3.30. The summed E-state index contributed by atoms with van der Waals surface area (Å²) in [6.07, 6.45) is 2.78. The third kappa shape index (κ3) is 5.43. The van der Waals surface area contributed by atoms with Crippen LogP contribution in [0.15, 0.2) is 84.1 Å².